The van der Waals surface area contributed by atoms with Crippen LogP contribution in [-0.4, -0.2) is 4.98 Å². The number of hydrogen-bond donors (Lipinski definition) is 1. The van der Waals surface area contributed by atoms with Crippen LogP contribution in [0, 0.1) is 0 Å². The molecule has 1 heterocycles. The van der Waals surface area contributed by atoms with Gasteiger partial charge >= 0.3 is 0 Å². The lowest BCUT2D eigenvalue weighted by atomic mass is 10.1. The third-order valence-electron chi connectivity index (χ3n) is 2.74. The fraction of sp³-hybridized carbons (Fsp3) is 0.357. The molecule has 0 bridgehead atoms. The number of hydrogen-bond acceptors (Lipinski definition) is 4. The molecule has 0 saturated carbocycles. The van der Waals surface area contributed by atoms with E-state index in [4.69, 9.17) is 10.5 Å². The Kier molecular flexibility index (Phi) is 4.96. The molecule has 5 heteroatoms. The molecule has 0 saturated heterocycles. The SMILES string of the molecule is CCc1nc(COc2ccc(Br)cc2C(C)N)cs1. The number of nitrogens with two attached hydrogens (primary N) is 1. The van der Waals surface area contributed by atoms with Crippen molar-refractivity contribution in [1.29, 1.82) is 0 Å². The van der Waals surface area contributed by atoms with E-state index in [0.29, 0.717) is 6.61 Å². The van der Waals surface area contributed by atoms with Gasteiger partial charge in [0.15, 0.2) is 0 Å². The van der Waals surface area contributed by atoms with Crippen molar-refractivity contribution in [2.24, 2.45) is 5.73 Å². The van der Waals surface area contributed by atoms with Gasteiger partial charge in [-0.3, -0.25) is 0 Å². The van der Waals surface area contributed by atoms with E-state index in [2.05, 4.69) is 27.8 Å². The third kappa shape index (κ3) is 3.78. The zero-order valence-electron chi connectivity index (χ0n) is 11.0. The van der Waals surface area contributed by atoms with E-state index in [9.17, 15) is 0 Å². The molecule has 102 valence electrons. The summed E-state index contributed by atoms with van der Waals surface area (Å²) >= 11 is 5.13. The van der Waals surface area contributed by atoms with Gasteiger partial charge in [-0.1, -0.05) is 22.9 Å². The molecule has 0 spiro atoms. The number of ether oxygens (including phenoxy) is 1. The van der Waals surface area contributed by atoms with Crippen molar-refractivity contribution in [2.45, 2.75) is 32.9 Å². The van der Waals surface area contributed by atoms with Crippen molar-refractivity contribution in [3.63, 3.8) is 0 Å². The molecular weight excluding hydrogens is 324 g/mol. The van der Waals surface area contributed by atoms with Crippen LogP contribution in [0.15, 0.2) is 28.1 Å². The molecule has 19 heavy (non-hydrogen) atoms. The maximum absolute atomic E-state index is 5.96. The van der Waals surface area contributed by atoms with Crippen molar-refractivity contribution in [3.05, 3.63) is 44.3 Å². The summed E-state index contributed by atoms with van der Waals surface area (Å²) in [4.78, 5) is 4.49. The van der Waals surface area contributed by atoms with Crippen LogP contribution in [0.5, 0.6) is 5.75 Å². The highest BCUT2D eigenvalue weighted by molar-refractivity contribution is 9.10. The van der Waals surface area contributed by atoms with Gasteiger partial charge in [0.25, 0.3) is 0 Å². The highest BCUT2D eigenvalue weighted by atomic mass is 79.9. The van der Waals surface area contributed by atoms with Crippen LogP contribution in [0.4, 0.5) is 0 Å². The number of aryl methyl sites for hydroxylation is 1. The van der Waals surface area contributed by atoms with E-state index in [1.165, 1.54) is 0 Å². The van der Waals surface area contributed by atoms with Crippen LogP contribution in [0.2, 0.25) is 0 Å². The second-order valence-corrected chi connectivity index (χ2v) is 6.20. The first-order chi connectivity index (χ1) is 9.10. The van der Waals surface area contributed by atoms with Gasteiger partial charge in [-0.25, -0.2) is 4.98 Å². The molecule has 1 atom stereocenters. The van der Waals surface area contributed by atoms with E-state index in [0.717, 1.165) is 32.9 Å². The van der Waals surface area contributed by atoms with Crippen LogP contribution in [-0.2, 0) is 13.0 Å². The van der Waals surface area contributed by atoms with E-state index in [-0.39, 0.29) is 6.04 Å². The molecule has 1 aromatic carbocycles. The Bertz CT molecular complexity index is 554. The molecule has 3 nitrogen and oxygen atoms in total. The predicted octanol–water partition coefficient (Wildman–Crippen LogP) is 4.07. The molecule has 1 aromatic heterocycles. The zero-order chi connectivity index (χ0) is 13.8. The fourth-order valence-electron chi connectivity index (χ4n) is 1.74. The van der Waals surface area contributed by atoms with Crippen LogP contribution < -0.4 is 10.5 Å². The lowest BCUT2D eigenvalue weighted by Gasteiger charge is -2.13. The summed E-state index contributed by atoms with van der Waals surface area (Å²) in [6.07, 6.45) is 0.966. The minimum Gasteiger partial charge on any atom is -0.487 e. The normalized spacial score (nSPS) is 12.4. The van der Waals surface area contributed by atoms with E-state index < -0.39 is 0 Å². The molecule has 2 rings (SSSR count). The molecule has 0 aliphatic rings. The summed E-state index contributed by atoms with van der Waals surface area (Å²) in [5, 5.41) is 3.19. The summed E-state index contributed by atoms with van der Waals surface area (Å²) in [5.41, 5.74) is 7.94. The average molecular weight is 341 g/mol. The van der Waals surface area contributed by atoms with Gasteiger partial charge in [0, 0.05) is 21.5 Å². The Labute approximate surface area is 125 Å². The van der Waals surface area contributed by atoms with Gasteiger partial charge in [-0.2, -0.15) is 0 Å². The van der Waals surface area contributed by atoms with E-state index >= 15 is 0 Å². The molecule has 2 aromatic rings. The minimum atomic E-state index is -0.0610. The third-order valence-corrected chi connectivity index (χ3v) is 4.27. The maximum atomic E-state index is 5.96. The first-order valence-electron chi connectivity index (χ1n) is 6.21. The first kappa shape index (κ1) is 14.5. The number of nitrogens with zero attached hydrogens (tertiary/aromatic N) is 1. The molecular formula is C14H17BrN2OS. The summed E-state index contributed by atoms with van der Waals surface area (Å²) in [6.45, 7) is 4.54. The average Bonchev–Trinajstić information content (AvgIpc) is 2.85. The smallest absolute Gasteiger partial charge is 0.131 e. The molecule has 1 unspecified atom stereocenters. The maximum Gasteiger partial charge on any atom is 0.131 e. The summed E-state index contributed by atoms with van der Waals surface area (Å²) in [7, 11) is 0. The standard InChI is InChI=1S/C14H17BrN2OS/c1-3-14-17-11(8-19-14)7-18-13-5-4-10(15)6-12(13)9(2)16/h4-6,8-9H,3,7,16H2,1-2H3. The molecule has 2 N–H and O–H groups in total. The molecule has 0 aliphatic carbocycles. The van der Waals surface area contributed by atoms with Gasteiger partial charge in [-0.05, 0) is 31.5 Å². The Morgan fingerprint density at radius 1 is 1.47 bits per heavy atom. The van der Waals surface area contributed by atoms with Gasteiger partial charge in [0.1, 0.15) is 12.4 Å². The Morgan fingerprint density at radius 2 is 2.26 bits per heavy atom. The highest BCUT2D eigenvalue weighted by Gasteiger charge is 2.10. The van der Waals surface area contributed by atoms with Gasteiger partial charge < -0.3 is 10.5 Å². The molecule has 0 aliphatic heterocycles. The van der Waals surface area contributed by atoms with Crippen molar-refractivity contribution in [1.82, 2.24) is 4.98 Å². The number of halogens is 1. The highest BCUT2D eigenvalue weighted by Crippen LogP contribution is 2.28. The van der Waals surface area contributed by atoms with Gasteiger partial charge in [0.05, 0.1) is 10.7 Å². The lowest BCUT2D eigenvalue weighted by molar-refractivity contribution is 0.297. The summed E-state index contributed by atoms with van der Waals surface area (Å²) in [6, 6.07) is 5.84. The lowest BCUT2D eigenvalue weighted by Crippen LogP contribution is -2.08. The van der Waals surface area contributed by atoms with Crippen LogP contribution >= 0.6 is 27.3 Å². The Morgan fingerprint density at radius 3 is 2.89 bits per heavy atom. The van der Waals surface area contributed by atoms with E-state index in [1.807, 2.05) is 30.5 Å². The van der Waals surface area contributed by atoms with E-state index in [1.54, 1.807) is 11.3 Å². The molecule has 0 amide bonds. The molecule has 0 fully saturated rings. The van der Waals surface area contributed by atoms with Crippen LogP contribution in [0.25, 0.3) is 0 Å². The second-order valence-electron chi connectivity index (χ2n) is 4.35. The largest absolute Gasteiger partial charge is 0.487 e. The first-order valence-corrected chi connectivity index (χ1v) is 7.88. The summed E-state index contributed by atoms with van der Waals surface area (Å²) in [5.74, 6) is 0.823. The number of aromatic nitrogens is 1. The van der Waals surface area contributed by atoms with Crippen molar-refractivity contribution in [3.8, 4) is 5.75 Å². The van der Waals surface area contributed by atoms with Crippen LogP contribution in [0.3, 0.4) is 0 Å². The Balaban J connectivity index is 2.10. The molecule has 0 radical (unpaired) electrons. The summed E-state index contributed by atoms with van der Waals surface area (Å²) < 4.78 is 6.85. The zero-order valence-corrected chi connectivity index (χ0v) is 13.4. The van der Waals surface area contributed by atoms with Crippen molar-refractivity contribution < 1.29 is 4.74 Å². The number of rotatable bonds is 5. The van der Waals surface area contributed by atoms with Crippen molar-refractivity contribution in [2.75, 3.05) is 0 Å². The van der Waals surface area contributed by atoms with Crippen molar-refractivity contribution >= 4 is 27.3 Å². The topological polar surface area (TPSA) is 48.1 Å². The Hall–Kier alpha value is -0.910. The monoisotopic (exact) mass is 340 g/mol. The minimum absolute atomic E-state index is 0.0610. The number of benzene rings is 1. The quantitative estimate of drug-likeness (QED) is 0.892. The second kappa shape index (κ2) is 6.50. The predicted molar refractivity (Wildman–Crippen MR) is 82.6 cm³/mol. The number of thiazole rings is 1. The fourth-order valence-corrected chi connectivity index (χ4v) is 2.84. The van der Waals surface area contributed by atoms with Crippen LogP contribution in [0.1, 0.15) is 36.2 Å². The van der Waals surface area contributed by atoms with Gasteiger partial charge in [-0.15, -0.1) is 11.3 Å². The van der Waals surface area contributed by atoms with Gasteiger partial charge in [0.2, 0.25) is 0 Å².